The lowest BCUT2D eigenvalue weighted by Crippen LogP contribution is -1.96. The lowest BCUT2D eigenvalue weighted by molar-refractivity contribution is 0.104. The van der Waals surface area contributed by atoms with Gasteiger partial charge in [0, 0.05) is 16.0 Å². The number of nitrogens with zero attached hydrogens (tertiary/aromatic N) is 1. The van der Waals surface area contributed by atoms with E-state index in [9.17, 15) is 4.79 Å². The quantitative estimate of drug-likeness (QED) is 0.202. The van der Waals surface area contributed by atoms with Gasteiger partial charge in [0.2, 0.25) is 0 Å². The van der Waals surface area contributed by atoms with Crippen molar-refractivity contribution in [3.05, 3.63) is 131 Å². The summed E-state index contributed by atoms with van der Waals surface area (Å²) in [5.74, 6) is -0.0417. The summed E-state index contributed by atoms with van der Waals surface area (Å²) in [6, 6.07) is 31.4. The topological polar surface area (TPSA) is 30.0 Å². The van der Waals surface area contributed by atoms with Crippen molar-refractivity contribution in [1.29, 1.82) is 0 Å². The molecule has 1 aromatic heterocycles. The average Bonchev–Trinajstić information content (AvgIpc) is 2.86. The Kier molecular flexibility index (Phi) is 5.84. The van der Waals surface area contributed by atoms with Gasteiger partial charge in [0.05, 0.1) is 11.2 Å². The highest BCUT2D eigenvalue weighted by atomic mass is 35.5. The van der Waals surface area contributed by atoms with E-state index in [0.29, 0.717) is 10.6 Å². The number of fused-ring (bicyclic) bond motifs is 2. The molecule has 0 aliphatic heterocycles. The molecule has 2 nitrogen and oxygen atoms in total. The van der Waals surface area contributed by atoms with Gasteiger partial charge in [-0.15, -0.1) is 0 Å². The minimum absolute atomic E-state index is 0.0417. The zero-order valence-electron chi connectivity index (χ0n) is 17.8. The van der Waals surface area contributed by atoms with Gasteiger partial charge in [-0.25, -0.2) is 4.98 Å². The van der Waals surface area contributed by atoms with Crippen LogP contribution in [0.15, 0.2) is 103 Å². The summed E-state index contributed by atoms with van der Waals surface area (Å²) in [5.41, 5.74) is 4.40. The molecule has 0 aliphatic rings. The van der Waals surface area contributed by atoms with E-state index in [1.54, 1.807) is 12.2 Å². The highest BCUT2D eigenvalue weighted by molar-refractivity contribution is 6.30. The molecule has 0 atom stereocenters. The fraction of sp³-hybridized carbons (Fsp3) is 0. The minimum atomic E-state index is -0.0417. The summed E-state index contributed by atoms with van der Waals surface area (Å²) in [6.45, 7) is 0. The van der Waals surface area contributed by atoms with Crippen LogP contribution in [0.4, 0.5) is 0 Å². The maximum absolute atomic E-state index is 13.0. The smallest absolute Gasteiger partial charge is 0.186 e. The zero-order chi connectivity index (χ0) is 22.6. The van der Waals surface area contributed by atoms with Crippen molar-refractivity contribution in [2.24, 2.45) is 0 Å². The Morgan fingerprint density at radius 2 is 1.45 bits per heavy atom. The predicted molar refractivity (Wildman–Crippen MR) is 139 cm³/mol. The first-order valence-electron chi connectivity index (χ1n) is 10.7. The largest absolute Gasteiger partial charge is 0.289 e. The molecule has 0 saturated carbocycles. The van der Waals surface area contributed by atoms with Crippen LogP contribution in [0.1, 0.15) is 27.2 Å². The number of aromatic nitrogens is 1. The number of para-hydroxylation sites is 1. The summed E-state index contributed by atoms with van der Waals surface area (Å²) in [7, 11) is 0. The van der Waals surface area contributed by atoms with Crippen LogP contribution in [-0.2, 0) is 0 Å². The summed E-state index contributed by atoms with van der Waals surface area (Å²) in [5, 5.41) is 3.77. The molecule has 0 radical (unpaired) electrons. The van der Waals surface area contributed by atoms with Crippen LogP contribution in [-0.4, -0.2) is 10.8 Å². The van der Waals surface area contributed by atoms with E-state index in [2.05, 4.69) is 12.1 Å². The third kappa shape index (κ3) is 4.62. The second-order valence-corrected chi connectivity index (χ2v) is 8.20. The van der Waals surface area contributed by atoms with Crippen LogP contribution in [0.3, 0.4) is 0 Å². The maximum Gasteiger partial charge on any atom is 0.186 e. The van der Waals surface area contributed by atoms with Crippen LogP contribution in [0.2, 0.25) is 5.02 Å². The Balaban J connectivity index is 1.50. The van der Waals surface area contributed by atoms with Crippen molar-refractivity contribution in [3.8, 4) is 0 Å². The summed E-state index contributed by atoms with van der Waals surface area (Å²) in [6.07, 6.45) is 7.51. The van der Waals surface area contributed by atoms with Crippen molar-refractivity contribution in [2.45, 2.75) is 0 Å². The van der Waals surface area contributed by atoms with E-state index in [1.807, 2.05) is 97.1 Å². The number of allylic oxidation sites excluding steroid dienone is 1. The van der Waals surface area contributed by atoms with Crippen LogP contribution in [0, 0.1) is 0 Å². The van der Waals surface area contributed by atoms with Gasteiger partial charge in [-0.1, -0.05) is 96.5 Å². The third-order valence-corrected chi connectivity index (χ3v) is 5.81. The first-order chi connectivity index (χ1) is 16.2. The molecule has 0 fully saturated rings. The van der Waals surface area contributed by atoms with Crippen LogP contribution < -0.4 is 0 Å². The number of benzene rings is 4. The standard InChI is InChI=1S/C30H20ClNO/c31-24-16-13-21(14-17-24)12-15-23-20-25(32-29-11-4-3-9-27(23)29)18-19-30(33)28-10-5-7-22-6-1-2-8-26(22)28/h1-20H/b15-12+,19-18+. The Labute approximate surface area is 197 Å². The molecule has 0 N–H and O–H groups in total. The van der Waals surface area contributed by atoms with Gasteiger partial charge in [0.15, 0.2) is 5.78 Å². The molecule has 0 spiro atoms. The summed E-state index contributed by atoms with van der Waals surface area (Å²) >= 11 is 6.00. The number of hydrogen-bond donors (Lipinski definition) is 0. The zero-order valence-corrected chi connectivity index (χ0v) is 18.5. The Morgan fingerprint density at radius 3 is 2.30 bits per heavy atom. The van der Waals surface area contributed by atoms with Crippen LogP contribution >= 0.6 is 11.6 Å². The Bertz CT molecular complexity index is 1530. The van der Waals surface area contributed by atoms with E-state index < -0.39 is 0 Å². The Morgan fingerprint density at radius 1 is 0.727 bits per heavy atom. The lowest BCUT2D eigenvalue weighted by atomic mass is 10.0. The van der Waals surface area contributed by atoms with Gasteiger partial charge in [0.25, 0.3) is 0 Å². The van der Waals surface area contributed by atoms with Crippen molar-refractivity contribution < 1.29 is 4.79 Å². The first-order valence-corrected chi connectivity index (χ1v) is 11.1. The fourth-order valence-electron chi connectivity index (χ4n) is 3.90. The van der Waals surface area contributed by atoms with E-state index >= 15 is 0 Å². The molecule has 3 heteroatoms. The van der Waals surface area contributed by atoms with Gasteiger partial charge in [-0.2, -0.15) is 0 Å². The Hall–Kier alpha value is -4.01. The van der Waals surface area contributed by atoms with Gasteiger partial charge in [-0.3, -0.25) is 4.79 Å². The predicted octanol–water partition coefficient (Wildman–Crippen LogP) is 8.11. The molecule has 5 rings (SSSR count). The molecule has 0 saturated heterocycles. The molecular weight excluding hydrogens is 426 g/mol. The van der Waals surface area contributed by atoms with Crippen LogP contribution in [0.25, 0.3) is 39.9 Å². The van der Waals surface area contributed by atoms with Crippen molar-refractivity contribution in [3.63, 3.8) is 0 Å². The number of carbonyl (C=O) groups excluding carboxylic acids is 1. The van der Waals surface area contributed by atoms with Crippen molar-refractivity contribution in [1.82, 2.24) is 4.98 Å². The minimum Gasteiger partial charge on any atom is -0.289 e. The number of hydrogen-bond acceptors (Lipinski definition) is 2. The molecule has 0 aliphatic carbocycles. The maximum atomic E-state index is 13.0. The van der Waals surface area contributed by atoms with E-state index in [-0.39, 0.29) is 5.78 Å². The molecule has 0 amide bonds. The summed E-state index contributed by atoms with van der Waals surface area (Å²) < 4.78 is 0. The van der Waals surface area contributed by atoms with Crippen LogP contribution in [0.5, 0.6) is 0 Å². The SMILES string of the molecule is O=C(/C=C/c1cc(/C=C/c2ccc(Cl)cc2)c2ccccc2n1)c1cccc2ccccc12. The number of ketones is 1. The molecule has 5 aromatic rings. The molecule has 1 heterocycles. The number of pyridine rings is 1. The lowest BCUT2D eigenvalue weighted by Gasteiger charge is -2.05. The second-order valence-electron chi connectivity index (χ2n) is 7.76. The summed E-state index contributed by atoms with van der Waals surface area (Å²) in [4.78, 5) is 17.7. The highest BCUT2D eigenvalue weighted by Crippen LogP contribution is 2.23. The van der Waals surface area contributed by atoms with Gasteiger partial charge in [0.1, 0.15) is 0 Å². The van der Waals surface area contributed by atoms with Gasteiger partial charge >= 0.3 is 0 Å². The molecule has 0 unspecified atom stereocenters. The fourth-order valence-corrected chi connectivity index (χ4v) is 4.02. The molecule has 158 valence electrons. The second kappa shape index (κ2) is 9.23. The van der Waals surface area contributed by atoms with Gasteiger partial charge in [-0.05, 0) is 58.3 Å². The molecule has 4 aromatic carbocycles. The average molecular weight is 446 g/mol. The van der Waals surface area contributed by atoms with Crippen molar-refractivity contribution in [2.75, 3.05) is 0 Å². The van der Waals surface area contributed by atoms with E-state index in [4.69, 9.17) is 16.6 Å². The van der Waals surface area contributed by atoms with Crippen molar-refractivity contribution >= 4 is 57.3 Å². The first kappa shape index (κ1) is 20.9. The number of halogens is 1. The van der Waals surface area contributed by atoms with E-state index in [0.717, 1.165) is 38.5 Å². The third-order valence-electron chi connectivity index (χ3n) is 5.55. The number of rotatable bonds is 5. The van der Waals surface area contributed by atoms with E-state index in [1.165, 1.54) is 0 Å². The molecular formula is C30H20ClNO. The normalized spacial score (nSPS) is 11.7. The monoisotopic (exact) mass is 445 g/mol. The van der Waals surface area contributed by atoms with Gasteiger partial charge < -0.3 is 0 Å². The number of carbonyl (C=O) groups is 1. The molecule has 0 bridgehead atoms. The highest BCUT2D eigenvalue weighted by Gasteiger charge is 2.07. The molecule has 33 heavy (non-hydrogen) atoms.